The average Bonchev–Trinajstić information content (AvgIpc) is 3.50. The van der Waals surface area contributed by atoms with E-state index in [-0.39, 0.29) is 46.8 Å². The zero-order valence-corrected chi connectivity index (χ0v) is 23.6. The maximum absolute atomic E-state index is 14.9. The zero-order chi connectivity index (χ0) is 29.6. The molecule has 3 aromatic heterocycles. The van der Waals surface area contributed by atoms with Gasteiger partial charge in [0, 0.05) is 19.5 Å². The maximum atomic E-state index is 14.9. The number of piperidine rings is 1. The summed E-state index contributed by atoms with van der Waals surface area (Å²) >= 11 is 0. The van der Waals surface area contributed by atoms with Crippen LogP contribution in [0.5, 0.6) is 0 Å². The molecule has 1 aromatic carbocycles. The predicted octanol–water partition coefficient (Wildman–Crippen LogP) is 4.11. The van der Waals surface area contributed by atoms with E-state index in [4.69, 9.17) is 14.7 Å². The Morgan fingerprint density at radius 3 is 2.62 bits per heavy atom. The number of carbonyl (C=O) groups excluding carboxylic acids is 1. The number of para-hydroxylation sites is 2. The fraction of sp³-hybridized carbons (Fsp3) is 0.464. The highest BCUT2D eigenvalue weighted by molar-refractivity contribution is 5.90. The summed E-state index contributed by atoms with van der Waals surface area (Å²) in [5.41, 5.74) is 0.571. The van der Waals surface area contributed by atoms with Gasteiger partial charge in [-0.1, -0.05) is 12.1 Å². The summed E-state index contributed by atoms with van der Waals surface area (Å²) in [6.45, 7) is 7.54. The van der Waals surface area contributed by atoms with Gasteiger partial charge in [0.25, 0.3) is 0 Å². The lowest BCUT2D eigenvalue weighted by Crippen LogP contribution is -2.44. The van der Waals surface area contributed by atoms with Gasteiger partial charge in [0.15, 0.2) is 5.69 Å². The lowest BCUT2D eigenvalue weighted by atomic mass is 10.0. The molecule has 2 saturated heterocycles. The maximum Gasteiger partial charge on any atom is 0.433 e. The van der Waals surface area contributed by atoms with Crippen molar-refractivity contribution in [2.45, 2.75) is 51.9 Å². The van der Waals surface area contributed by atoms with Crippen LogP contribution in [0.3, 0.4) is 0 Å². The van der Waals surface area contributed by atoms with Crippen molar-refractivity contribution < 1.29 is 22.7 Å². The molecule has 2 fully saturated rings. The number of ether oxygens (including phenoxy) is 1. The number of anilines is 2. The normalized spacial score (nSPS) is 18.5. The number of imidazole rings is 1. The van der Waals surface area contributed by atoms with E-state index in [2.05, 4.69) is 20.7 Å². The van der Waals surface area contributed by atoms with E-state index in [9.17, 15) is 18.0 Å². The molecule has 0 bridgehead atoms. The van der Waals surface area contributed by atoms with Gasteiger partial charge in [0.1, 0.15) is 5.82 Å². The van der Waals surface area contributed by atoms with Gasteiger partial charge in [0.05, 0.1) is 53.3 Å². The molecule has 2 N–H and O–H groups in total. The van der Waals surface area contributed by atoms with Gasteiger partial charge in [-0.3, -0.25) is 14.8 Å². The smallest absolute Gasteiger partial charge is 0.377 e. The van der Waals surface area contributed by atoms with Crippen LogP contribution in [-0.2, 0) is 15.7 Å². The highest BCUT2D eigenvalue weighted by Gasteiger charge is 2.42. The Bertz CT molecular complexity index is 1620. The van der Waals surface area contributed by atoms with Crippen molar-refractivity contribution >= 4 is 28.7 Å². The Morgan fingerprint density at radius 2 is 1.90 bits per heavy atom. The number of carbonyl (C=O) groups is 1. The predicted molar refractivity (Wildman–Crippen MR) is 151 cm³/mol. The Hall–Kier alpha value is -4.04. The number of hydrogen-bond acceptors (Lipinski definition) is 8. The summed E-state index contributed by atoms with van der Waals surface area (Å²) in [4.78, 5) is 28.2. The molecule has 11 nitrogen and oxygen atoms in total. The molecule has 2 aliphatic rings. The molecule has 2 aliphatic heterocycles. The Balaban J connectivity index is 1.61. The number of aryl methyl sites for hydroxylation is 1. The molecule has 4 aromatic rings. The number of fused-ring (bicyclic) bond motifs is 1. The fourth-order valence-corrected chi connectivity index (χ4v) is 5.78. The van der Waals surface area contributed by atoms with E-state index in [1.807, 2.05) is 24.0 Å². The van der Waals surface area contributed by atoms with E-state index < -0.39 is 11.9 Å². The molecule has 6 rings (SSSR count). The van der Waals surface area contributed by atoms with Gasteiger partial charge in [-0.2, -0.15) is 23.3 Å². The van der Waals surface area contributed by atoms with Gasteiger partial charge >= 0.3 is 6.18 Å². The summed E-state index contributed by atoms with van der Waals surface area (Å²) in [6, 6.07) is 8.31. The first kappa shape index (κ1) is 28.1. The van der Waals surface area contributed by atoms with Crippen LogP contribution in [0.25, 0.3) is 28.2 Å². The van der Waals surface area contributed by atoms with E-state index in [1.54, 1.807) is 29.7 Å². The highest BCUT2D eigenvalue weighted by atomic mass is 19.4. The van der Waals surface area contributed by atoms with Crippen molar-refractivity contribution in [2.24, 2.45) is 0 Å². The van der Waals surface area contributed by atoms with Gasteiger partial charge < -0.3 is 15.0 Å². The molecular weight excluding hydrogens is 551 g/mol. The zero-order valence-electron chi connectivity index (χ0n) is 23.6. The Morgan fingerprint density at radius 1 is 1.14 bits per heavy atom. The number of alkyl halides is 3. The van der Waals surface area contributed by atoms with Crippen molar-refractivity contribution in [2.75, 3.05) is 43.1 Å². The van der Waals surface area contributed by atoms with E-state index >= 15 is 0 Å². The number of halogens is 3. The van der Waals surface area contributed by atoms with Crippen molar-refractivity contribution in [1.29, 1.82) is 0 Å². The van der Waals surface area contributed by atoms with Crippen molar-refractivity contribution in [3.63, 3.8) is 0 Å². The molecule has 0 spiro atoms. The minimum Gasteiger partial charge on any atom is -0.377 e. The lowest BCUT2D eigenvalue weighted by molar-refractivity contribution is -0.144. The molecule has 0 unspecified atom stereocenters. The number of aromatic nitrogens is 6. The molecule has 0 aliphatic carbocycles. The van der Waals surface area contributed by atoms with Crippen LogP contribution in [0.15, 0.2) is 30.3 Å². The number of nitrogens with zero attached hydrogens (tertiary/aromatic N) is 7. The van der Waals surface area contributed by atoms with Crippen LogP contribution in [0.4, 0.5) is 24.9 Å². The van der Waals surface area contributed by atoms with E-state index in [1.165, 1.54) is 6.92 Å². The summed E-state index contributed by atoms with van der Waals surface area (Å²) < 4.78 is 52.9. The van der Waals surface area contributed by atoms with Crippen LogP contribution >= 0.6 is 0 Å². The second kappa shape index (κ2) is 11.0. The third-order valence-electron chi connectivity index (χ3n) is 7.68. The van der Waals surface area contributed by atoms with Crippen LogP contribution in [0.1, 0.15) is 44.1 Å². The molecular formula is C28H32F3N9O2. The summed E-state index contributed by atoms with van der Waals surface area (Å²) in [7, 11) is 0. The third kappa shape index (κ3) is 5.20. The Labute approximate surface area is 240 Å². The molecule has 222 valence electrons. The quantitative estimate of drug-likeness (QED) is 0.361. The molecule has 14 heteroatoms. The molecule has 1 atom stereocenters. The van der Waals surface area contributed by atoms with Crippen LogP contribution < -0.4 is 15.5 Å². The number of rotatable bonds is 5. The van der Waals surface area contributed by atoms with E-state index in [0.717, 1.165) is 4.68 Å². The molecule has 1 amide bonds. The number of morpholine rings is 1. The largest absolute Gasteiger partial charge is 0.433 e. The van der Waals surface area contributed by atoms with Gasteiger partial charge in [-0.25, -0.2) is 14.5 Å². The summed E-state index contributed by atoms with van der Waals surface area (Å²) in [5.74, 6) is 0.337. The second-order valence-corrected chi connectivity index (χ2v) is 10.7. The van der Waals surface area contributed by atoms with Crippen molar-refractivity contribution in [1.82, 2.24) is 34.6 Å². The lowest BCUT2D eigenvalue weighted by Gasteiger charge is -2.34. The van der Waals surface area contributed by atoms with Gasteiger partial charge in [-0.15, -0.1) is 0 Å². The van der Waals surface area contributed by atoms with Gasteiger partial charge in [0.2, 0.25) is 17.8 Å². The van der Waals surface area contributed by atoms with Crippen LogP contribution in [0.2, 0.25) is 0 Å². The SMILES string of the molecule is CC(=O)Nc1nc2ccccc2n1-c1nc(-c2c(C)nn(C3CCNCC3)c2C(F)(F)F)cc(N2CCOC[C@H]2C)n1. The monoisotopic (exact) mass is 583 g/mol. The van der Waals surface area contributed by atoms with Crippen molar-refractivity contribution in [3.05, 3.63) is 41.7 Å². The number of nitrogens with one attached hydrogen (secondary N) is 2. The fourth-order valence-electron chi connectivity index (χ4n) is 5.78. The van der Waals surface area contributed by atoms with Crippen LogP contribution in [0, 0.1) is 6.92 Å². The first-order valence-electron chi connectivity index (χ1n) is 14.0. The topological polar surface area (TPSA) is 115 Å². The highest BCUT2D eigenvalue weighted by Crippen LogP contribution is 2.42. The Kier molecular flexibility index (Phi) is 7.35. The van der Waals surface area contributed by atoms with Crippen LogP contribution in [-0.4, -0.2) is 74.1 Å². The molecule has 5 heterocycles. The number of benzene rings is 1. The van der Waals surface area contributed by atoms with Crippen molar-refractivity contribution in [3.8, 4) is 17.2 Å². The minimum absolute atomic E-state index is 0.0793. The van der Waals surface area contributed by atoms with E-state index in [0.29, 0.717) is 62.5 Å². The standard InChI is InChI=1S/C28H32F3N9O2/c1-16-15-42-13-12-38(16)23-14-21(24-17(2)37-40(25(24)28(29,30)31)19-8-10-32-11-9-19)35-27(36-23)39-22-7-5-4-6-20(22)34-26(39)33-18(3)41/h4-7,14,16,19,32H,8-13,15H2,1-3H3,(H,33,34,41)/t16-/m1/s1. The number of hydrogen-bond donors (Lipinski definition) is 2. The minimum atomic E-state index is -4.68. The first-order valence-corrected chi connectivity index (χ1v) is 14.0. The molecule has 0 saturated carbocycles. The molecule has 0 radical (unpaired) electrons. The summed E-state index contributed by atoms with van der Waals surface area (Å²) in [5, 5.41) is 10.4. The second-order valence-electron chi connectivity index (χ2n) is 10.7. The van der Waals surface area contributed by atoms with Gasteiger partial charge in [-0.05, 0) is 51.9 Å². The average molecular weight is 584 g/mol. The third-order valence-corrected chi connectivity index (χ3v) is 7.68. The number of amides is 1. The first-order chi connectivity index (χ1) is 20.1. The molecule has 42 heavy (non-hydrogen) atoms. The summed E-state index contributed by atoms with van der Waals surface area (Å²) in [6.07, 6.45) is -3.60.